The Morgan fingerprint density at radius 1 is 1.10 bits per heavy atom. The number of piperidine rings is 2. The molecule has 2 atom stereocenters. The van der Waals surface area contributed by atoms with Gasteiger partial charge in [0.1, 0.15) is 11.6 Å². The van der Waals surface area contributed by atoms with Crippen molar-refractivity contribution < 1.29 is 13.9 Å². The summed E-state index contributed by atoms with van der Waals surface area (Å²) in [5, 5.41) is 5.70. The molecule has 2 heterocycles. The topological polar surface area (TPSA) is 53.6 Å². The number of hydrogen-bond donors (Lipinski definition) is 2. The molecule has 2 saturated heterocycles. The van der Waals surface area contributed by atoms with E-state index in [2.05, 4.69) is 27.7 Å². The van der Waals surface area contributed by atoms with E-state index < -0.39 is 5.82 Å². The minimum Gasteiger partial charge on any atom is -0.497 e. The number of nitrogens with zero attached hydrogens (tertiary/aromatic N) is 1. The highest BCUT2D eigenvalue weighted by molar-refractivity contribution is 5.89. The van der Waals surface area contributed by atoms with Crippen molar-refractivity contribution in [3.05, 3.63) is 59.9 Å². The van der Waals surface area contributed by atoms with Crippen molar-refractivity contribution in [2.75, 3.05) is 12.4 Å². The Morgan fingerprint density at radius 3 is 2.45 bits per heavy atom. The minimum absolute atomic E-state index is 0.115. The molecule has 0 radical (unpaired) electrons. The van der Waals surface area contributed by atoms with E-state index in [0.29, 0.717) is 12.1 Å². The highest BCUT2D eigenvalue weighted by Crippen LogP contribution is 2.35. The number of fused-ring (bicyclic) bond motifs is 2. The zero-order valence-corrected chi connectivity index (χ0v) is 16.7. The van der Waals surface area contributed by atoms with E-state index in [1.165, 1.54) is 18.1 Å². The Morgan fingerprint density at radius 2 is 1.79 bits per heavy atom. The van der Waals surface area contributed by atoms with Crippen molar-refractivity contribution in [1.82, 2.24) is 10.2 Å². The highest BCUT2D eigenvalue weighted by Gasteiger charge is 2.38. The van der Waals surface area contributed by atoms with Crippen molar-refractivity contribution in [3.8, 4) is 5.75 Å². The summed E-state index contributed by atoms with van der Waals surface area (Å²) in [5.41, 5.74) is 1.49. The molecule has 29 heavy (non-hydrogen) atoms. The van der Waals surface area contributed by atoms with Crippen molar-refractivity contribution in [2.24, 2.45) is 0 Å². The summed E-state index contributed by atoms with van der Waals surface area (Å²) in [6.07, 6.45) is 5.40. The van der Waals surface area contributed by atoms with E-state index in [1.807, 2.05) is 12.1 Å². The number of rotatable bonds is 5. The summed E-state index contributed by atoms with van der Waals surface area (Å²) >= 11 is 0. The smallest absolute Gasteiger partial charge is 0.319 e. The average molecular weight is 397 g/mol. The molecule has 0 spiro atoms. The molecular weight excluding hydrogens is 369 g/mol. The van der Waals surface area contributed by atoms with Crippen LogP contribution in [-0.4, -0.2) is 36.2 Å². The molecule has 2 N–H and O–H groups in total. The molecule has 4 rings (SSSR count). The van der Waals surface area contributed by atoms with Gasteiger partial charge in [-0.2, -0.15) is 0 Å². The lowest BCUT2D eigenvalue weighted by Crippen LogP contribution is -2.56. The second-order valence-corrected chi connectivity index (χ2v) is 8.01. The van der Waals surface area contributed by atoms with Gasteiger partial charge in [-0.3, -0.25) is 4.90 Å². The van der Waals surface area contributed by atoms with Crippen LogP contribution in [0.5, 0.6) is 5.75 Å². The molecule has 2 aliphatic rings. The summed E-state index contributed by atoms with van der Waals surface area (Å²) in [5.74, 6) is 0.451. The number of methoxy groups -OCH3 is 1. The van der Waals surface area contributed by atoms with Crippen molar-refractivity contribution in [3.63, 3.8) is 0 Å². The van der Waals surface area contributed by atoms with Gasteiger partial charge in [0.2, 0.25) is 0 Å². The fourth-order valence-corrected chi connectivity index (χ4v) is 4.70. The zero-order valence-electron chi connectivity index (χ0n) is 16.7. The first kappa shape index (κ1) is 19.7. The van der Waals surface area contributed by atoms with Crippen molar-refractivity contribution >= 4 is 11.7 Å². The van der Waals surface area contributed by atoms with Gasteiger partial charge in [0, 0.05) is 24.7 Å². The number of urea groups is 1. The summed E-state index contributed by atoms with van der Waals surface area (Å²) in [6.45, 7) is 0.924. The van der Waals surface area contributed by atoms with Gasteiger partial charge in [-0.15, -0.1) is 0 Å². The van der Waals surface area contributed by atoms with Gasteiger partial charge in [0.15, 0.2) is 0 Å². The van der Waals surface area contributed by atoms with Gasteiger partial charge < -0.3 is 15.4 Å². The Bertz CT molecular complexity index is 828. The molecule has 2 amide bonds. The summed E-state index contributed by atoms with van der Waals surface area (Å²) in [6, 6.07) is 15.2. The van der Waals surface area contributed by atoms with Gasteiger partial charge in [0.25, 0.3) is 0 Å². The van der Waals surface area contributed by atoms with Crippen LogP contribution in [0.3, 0.4) is 0 Å². The first-order valence-electron chi connectivity index (χ1n) is 10.3. The van der Waals surface area contributed by atoms with E-state index in [4.69, 9.17) is 4.74 Å². The minimum atomic E-state index is -0.422. The molecule has 2 unspecified atom stereocenters. The molecule has 0 aliphatic carbocycles. The fourth-order valence-electron chi connectivity index (χ4n) is 4.70. The van der Waals surface area contributed by atoms with Crippen LogP contribution in [0.15, 0.2) is 48.5 Å². The highest BCUT2D eigenvalue weighted by atomic mass is 19.1. The monoisotopic (exact) mass is 397 g/mol. The second kappa shape index (κ2) is 8.82. The number of hydrogen-bond acceptors (Lipinski definition) is 3. The molecular formula is C23H28FN3O2. The number of ether oxygens (including phenoxy) is 1. The van der Waals surface area contributed by atoms with E-state index in [9.17, 15) is 9.18 Å². The quantitative estimate of drug-likeness (QED) is 0.779. The number of halogens is 1. The van der Waals surface area contributed by atoms with Gasteiger partial charge in [-0.1, -0.05) is 30.7 Å². The molecule has 2 aliphatic heterocycles. The van der Waals surface area contributed by atoms with E-state index in [1.54, 1.807) is 25.3 Å². The summed E-state index contributed by atoms with van der Waals surface area (Å²) in [4.78, 5) is 15.0. The lowest BCUT2D eigenvalue weighted by molar-refractivity contribution is 0.0200. The normalized spacial score (nSPS) is 24.0. The van der Waals surface area contributed by atoms with Crippen LogP contribution >= 0.6 is 0 Å². The van der Waals surface area contributed by atoms with Crippen molar-refractivity contribution in [1.29, 1.82) is 0 Å². The molecule has 2 aromatic rings. The number of anilines is 1. The Hall–Kier alpha value is -2.60. The average Bonchev–Trinajstić information content (AvgIpc) is 2.71. The fraction of sp³-hybridized carbons (Fsp3) is 0.435. The lowest BCUT2D eigenvalue weighted by Gasteiger charge is -2.49. The maximum atomic E-state index is 13.8. The van der Waals surface area contributed by atoms with Crippen LogP contribution in [0.1, 0.15) is 37.7 Å². The van der Waals surface area contributed by atoms with Crippen LogP contribution in [-0.2, 0) is 6.54 Å². The van der Waals surface area contributed by atoms with Crippen LogP contribution in [0.25, 0.3) is 0 Å². The standard InChI is InChI=1S/C23H28FN3O2/c1-29-20-11-9-16(10-12-20)15-27-18-5-4-6-19(27)14-17(13-18)25-23(28)26-22-8-3-2-7-21(22)24/h2-3,7-12,17-19H,4-6,13-15H2,1H3,(H2,25,26,28). The molecule has 6 heteroatoms. The molecule has 2 bridgehead atoms. The van der Waals surface area contributed by atoms with Crippen LogP contribution in [0, 0.1) is 5.82 Å². The predicted octanol–water partition coefficient (Wildman–Crippen LogP) is 4.54. The number of benzene rings is 2. The maximum Gasteiger partial charge on any atom is 0.319 e. The number of carbonyl (C=O) groups excluding carboxylic acids is 1. The second-order valence-electron chi connectivity index (χ2n) is 8.01. The van der Waals surface area contributed by atoms with Crippen LogP contribution in [0.2, 0.25) is 0 Å². The summed E-state index contributed by atoms with van der Waals surface area (Å²) in [7, 11) is 1.68. The molecule has 5 nitrogen and oxygen atoms in total. The number of nitrogens with one attached hydrogen (secondary N) is 2. The van der Waals surface area contributed by atoms with E-state index in [0.717, 1.165) is 38.0 Å². The predicted molar refractivity (Wildman–Crippen MR) is 112 cm³/mol. The molecule has 2 fully saturated rings. The summed E-state index contributed by atoms with van der Waals surface area (Å²) < 4.78 is 19.0. The Labute approximate surface area is 171 Å². The van der Waals surface area contributed by atoms with E-state index >= 15 is 0 Å². The first-order valence-corrected chi connectivity index (χ1v) is 10.3. The first-order chi connectivity index (χ1) is 14.1. The third-order valence-electron chi connectivity index (χ3n) is 6.11. The van der Waals surface area contributed by atoms with Gasteiger partial charge in [-0.05, 0) is 55.5 Å². The van der Waals surface area contributed by atoms with E-state index in [-0.39, 0.29) is 17.8 Å². The molecule has 0 aromatic heterocycles. The third kappa shape index (κ3) is 4.70. The van der Waals surface area contributed by atoms with Gasteiger partial charge in [-0.25, -0.2) is 9.18 Å². The Kier molecular flexibility index (Phi) is 6.00. The number of carbonyl (C=O) groups is 1. The van der Waals surface area contributed by atoms with Crippen LogP contribution < -0.4 is 15.4 Å². The Balaban J connectivity index is 1.36. The largest absolute Gasteiger partial charge is 0.497 e. The molecule has 2 aromatic carbocycles. The molecule has 154 valence electrons. The van der Waals surface area contributed by atoms with Gasteiger partial charge >= 0.3 is 6.03 Å². The third-order valence-corrected chi connectivity index (χ3v) is 6.11. The van der Waals surface area contributed by atoms with Crippen LogP contribution in [0.4, 0.5) is 14.9 Å². The number of para-hydroxylation sites is 1. The zero-order chi connectivity index (χ0) is 20.2. The molecule has 0 saturated carbocycles. The number of amides is 2. The van der Waals surface area contributed by atoms with Crippen molar-refractivity contribution in [2.45, 2.75) is 56.8 Å². The lowest BCUT2D eigenvalue weighted by atomic mass is 9.81. The van der Waals surface area contributed by atoms with Gasteiger partial charge in [0.05, 0.1) is 12.8 Å². The maximum absolute atomic E-state index is 13.8. The SMILES string of the molecule is COc1ccc(CN2C3CCCC2CC(NC(=O)Nc2ccccc2F)C3)cc1.